The minimum Gasteiger partial charge on any atom is -0.383 e. The largest absolute Gasteiger partial charge is 0.383 e. The second kappa shape index (κ2) is 7.36. The van der Waals surface area contributed by atoms with Gasteiger partial charge in [0, 0.05) is 6.20 Å². The highest BCUT2D eigenvalue weighted by molar-refractivity contribution is 5.44. The van der Waals surface area contributed by atoms with Gasteiger partial charge in [0.2, 0.25) is 0 Å². The van der Waals surface area contributed by atoms with E-state index < -0.39 is 0 Å². The lowest BCUT2D eigenvalue weighted by atomic mass is 10.0. The van der Waals surface area contributed by atoms with Gasteiger partial charge in [-0.3, -0.25) is 0 Å². The maximum Gasteiger partial charge on any atom is 0.126 e. The van der Waals surface area contributed by atoms with Crippen LogP contribution in [0.2, 0.25) is 0 Å². The number of aryl methyl sites for hydroxylation is 1. The Balaban J connectivity index is 0.000000791. The third-order valence-electron chi connectivity index (χ3n) is 2.07. The van der Waals surface area contributed by atoms with Crippen molar-refractivity contribution in [3.63, 3.8) is 0 Å². The van der Waals surface area contributed by atoms with Gasteiger partial charge in [-0.1, -0.05) is 34.1 Å². The second-order valence-electron chi connectivity index (χ2n) is 2.94. The third kappa shape index (κ3) is 3.36. The predicted molar refractivity (Wildman–Crippen MR) is 63.4 cm³/mol. The first-order valence-corrected chi connectivity index (χ1v) is 5.51. The summed E-state index contributed by atoms with van der Waals surface area (Å²) in [6.07, 6.45) is 5.00. The van der Waals surface area contributed by atoms with Crippen LogP contribution >= 0.6 is 0 Å². The van der Waals surface area contributed by atoms with E-state index in [9.17, 15) is 0 Å². The zero-order chi connectivity index (χ0) is 11.0. The predicted octanol–water partition coefficient (Wildman–Crippen LogP) is 3.20. The highest BCUT2D eigenvalue weighted by Gasteiger charge is 2.03. The van der Waals surface area contributed by atoms with Crippen molar-refractivity contribution in [2.45, 2.75) is 47.0 Å². The minimum atomic E-state index is 0.705. The zero-order valence-corrected chi connectivity index (χ0v) is 9.80. The monoisotopic (exact) mass is 194 g/mol. The average Bonchev–Trinajstić information content (AvgIpc) is 2.24. The number of nitrogens with zero attached hydrogens (tertiary/aromatic N) is 1. The summed E-state index contributed by atoms with van der Waals surface area (Å²) in [4.78, 5) is 4.08. The Morgan fingerprint density at radius 2 is 1.93 bits per heavy atom. The number of hydrogen-bond acceptors (Lipinski definition) is 2. The number of pyridine rings is 1. The molecule has 14 heavy (non-hydrogen) atoms. The molecule has 1 aromatic rings. The summed E-state index contributed by atoms with van der Waals surface area (Å²) in [5.41, 5.74) is 8.35. The lowest BCUT2D eigenvalue weighted by molar-refractivity contribution is 0.894. The summed E-state index contributed by atoms with van der Waals surface area (Å²) in [7, 11) is 0. The molecule has 80 valence electrons. The molecule has 0 bridgehead atoms. The van der Waals surface area contributed by atoms with Gasteiger partial charge in [-0.15, -0.1) is 0 Å². The van der Waals surface area contributed by atoms with Gasteiger partial charge < -0.3 is 5.73 Å². The fraction of sp³-hybridized carbons (Fsp3) is 0.583. The van der Waals surface area contributed by atoms with Gasteiger partial charge in [0.15, 0.2) is 0 Å². The SMILES string of the molecule is CC.CCCc1c(CC)ccnc1N. The molecule has 2 nitrogen and oxygen atoms in total. The first-order chi connectivity index (χ1) is 6.79. The Morgan fingerprint density at radius 1 is 1.29 bits per heavy atom. The van der Waals surface area contributed by atoms with Gasteiger partial charge in [-0.25, -0.2) is 4.98 Å². The number of hydrogen-bond donors (Lipinski definition) is 1. The number of aromatic nitrogens is 1. The van der Waals surface area contributed by atoms with Crippen LogP contribution in [-0.2, 0) is 12.8 Å². The van der Waals surface area contributed by atoms with E-state index in [1.54, 1.807) is 6.20 Å². The smallest absolute Gasteiger partial charge is 0.126 e. The Kier molecular flexibility index (Phi) is 6.81. The van der Waals surface area contributed by atoms with Crippen LogP contribution in [-0.4, -0.2) is 4.98 Å². The van der Waals surface area contributed by atoms with Crippen LogP contribution in [0.25, 0.3) is 0 Å². The quantitative estimate of drug-likeness (QED) is 0.802. The van der Waals surface area contributed by atoms with Crippen molar-refractivity contribution in [2.24, 2.45) is 0 Å². The molecule has 0 aromatic carbocycles. The van der Waals surface area contributed by atoms with Gasteiger partial charge in [-0.2, -0.15) is 0 Å². The van der Waals surface area contributed by atoms with Gasteiger partial charge in [0.1, 0.15) is 5.82 Å². The fourth-order valence-corrected chi connectivity index (χ4v) is 1.42. The Morgan fingerprint density at radius 3 is 2.43 bits per heavy atom. The van der Waals surface area contributed by atoms with Crippen molar-refractivity contribution >= 4 is 5.82 Å². The number of nitrogens with two attached hydrogens (primary N) is 1. The topological polar surface area (TPSA) is 38.9 Å². The first-order valence-electron chi connectivity index (χ1n) is 5.51. The minimum absolute atomic E-state index is 0.705. The van der Waals surface area contributed by atoms with E-state index in [2.05, 4.69) is 24.9 Å². The average molecular weight is 194 g/mol. The molecule has 0 saturated carbocycles. The van der Waals surface area contributed by atoms with E-state index in [0.29, 0.717) is 5.82 Å². The molecule has 1 aromatic heterocycles. The summed E-state index contributed by atoms with van der Waals surface area (Å²) >= 11 is 0. The zero-order valence-electron chi connectivity index (χ0n) is 9.80. The van der Waals surface area contributed by atoms with Gasteiger partial charge in [-0.05, 0) is 30.0 Å². The summed E-state index contributed by atoms with van der Waals surface area (Å²) < 4.78 is 0. The molecule has 0 aliphatic heterocycles. The molecule has 2 N–H and O–H groups in total. The van der Waals surface area contributed by atoms with Crippen LogP contribution in [0, 0.1) is 0 Å². The standard InChI is InChI=1S/C10H16N2.C2H6/c1-3-5-9-8(4-2)6-7-12-10(9)11;1-2/h6-7H,3-5H2,1-2H3,(H2,11,12);1-2H3. The summed E-state index contributed by atoms with van der Waals surface area (Å²) in [5.74, 6) is 0.705. The Hall–Kier alpha value is -1.05. The molecular formula is C12H22N2. The molecule has 0 atom stereocenters. The van der Waals surface area contributed by atoms with Crippen molar-refractivity contribution in [3.8, 4) is 0 Å². The number of anilines is 1. The van der Waals surface area contributed by atoms with E-state index in [-0.39, 0.29) is 0 Å². The van der Waals surface area contributed by atoms with Crippen molar-refractivity contribution in [2.75, 3.05) is 5.73 Å². The molecule has 1 heterocycles. The molecule has 0 saturated heterocycles. The molecule has 0 radical (unpaired) electrons. The lowest BCUT2D eigenvalue weighted by Gasteiger charge is -2.07. The Labute approximate surface area is 87.6 Å². The number of rotatable bonds is 3. The van der Waals surface area contributed by atoms with E-state index in [1.807, 2.05) is 13.8 Å². The first kappa shape index (κ1) is 12.9. The second-order valence-corrected chi connectivity index (χ2v) is 2.94. The molecule has 0 aliphatic rings. The molecule has 2 heteroatoms. The molecule has 0 spiro atoms. The van der Waals surface area contributed by atoms with Crippen molar-refractivity contribution in [3.05, 3.63) is 23.4 Å². The van der Waals surface area contributed by atoms with E-state index >= 15 is 0 Å². The normalized spacial score (nSPS) is 9.14. The van der Waals surface area contributed by atoms with Gasteiger partial charge in [0.05, 0.1) is 0 Å². The summed E-state index contributed by atoms with van der Waals surface area (Å²) in [5, 5.41) is 0. The third-order valence-corrected chi connectivity index (χ3v) is 2.07. The van der Waals surface area contributed by atoms with Crippen LogP contribution in [0.4, 0.5) is 5.82 Å². The molecule has 0 fully saturated rings. The number of nitrogen functional groups attached to an aromatic ring is 1. The summed E-state index contributed by atoms with van der Waals surface area (Å²) in [6, 6.07) is 2.06. The van der Waals surface area contributed by atoms with Crippen LogP contribution in [0.3, 0.4) is 0 Å². The maximum atomic E-state index is 5.77. The summed E-state index contributed by atoms with van der Waals surface area (Å²) in [6.45, 7) is 8.31. The van der Waals surface area contributed by atoms with Crippen LogP contribution < -0.4 is 5.73 Å². The lowest BCUT2D eigenvalue weighted by Crippen LogP contribution is -2.01. The fourth-order valence-electron chi connectivity index (χ4n) is 1.42. The Bertz CT molecular complexity index is 256. The highest BCUT2D eigenvalue weighted by atomic mass is 14.8. The molecular weight excluding hydrogens is 172 g/mol. The van der Waals surface area contributed by atoms with E-state index in [1.165, 1.54) is 11.1 Å². The van der Waals surface area contributed by atoms with Gasteiger partial charge >= 0.3 is 0 Å². The maximum absolute atomic E-state index is 5.77. The van der Waals surface area contributed by atoms with Crippen molar-refractivity contribution < 1.29 is 0 Å². The molecule has 0 unspecified atom stereocenters. The van der Waals surface area contributed by atoms with Gasteiger partial charge in [0.25, 0.3) is 0 Å². The van der Waals surface area contributed by atoms with Crippen LogP contribution in [0.15, 0.2) is 12.3 Å². The van der Waals surface area contributed by atoms with E-state index in [0.717, 1.165) is 19.3 Å². The molecule has 1 rings (SSSR count). The molecule has 0 amide bonds. The van der Waals surface area contributed by atoms with Crippen molar-refractivity contribution in [1.82, 2.24) is 4.98 Å². The van der Waals surface area contributed by atoms with Crippen LogP contribution in [0.1, 0.15) is 45.2 Å². The van der Waals surface area contributed by atoms with E-state index in [4.69, 9.17) is 5.73 Å². The van der Waals surface area contributed by atoms with Crippen molar-refractivity contribution in [1.29, 1.82) is 0 Å². The van der Waals surface area contributed by atoms with Crippen LogP contribution in [0.5, 0.6) is 0 Å². The molecule has 0 aliphatic carbocycles. The highest BCUT2D eigenvalue weighted by Crippen LogP contribution is 2.16.